The van der Waals surface area contributed by atoms with Gasteiger partial charge in [0.2, 0.25) is 0 Å². The quantitative estimate of drug-likeness (QED) is 0.584. The minimum absolute atomic E-state index is 0.491. The summed E-state index contributed by atoms with van der Waals surface area (Å²) >= 11 is 3.46. The van der Waals surface area contributed by atoms with Crippen molar-refractivity contribution in [1.82, 2.24) is 15.5 Å². The molecule has 23 heavy (non-hydrogen) atoms. The highest BCUT2D eigenvalue weighted by Gasteiger charge is 2.19. The van der Waals surface area contributed by atoms with Gasteiger partial charge in [0.05, 0.1) is 6.61 Å². The molecule has 1 saturated heterocycles. The van der Waals surface area contributed by atoms with E-state index in [9.17, 15) is 0 Å². The molecule has 0 aromatic heterocycles. The highest BCUT2D eigenvalue weighted by atomic mass is 79.9. The average Bonchev–Trinajstić information content (AvgIpc) is 2.59. The van der Waals surface area contributed by atoms with Crippen molar-refractivity contribution in [2.24, 2.45) is 4.99 Å². The molecular formula is C17H27BrN4O. The third kappa shape index (κ3) is 6.49. The molecule has 0 unspecified atom stereocenters. The molecule has 0 radical (unpaired) electrons. The molecule has 1 aliphatic heterocycles. The van der Waals surface area contributed by atoms with E-state index < -0.39 is 0 Å². The number of rotatable bonds is 6. The molecule has 1 aliphatic rings. The molecule has 5 nitrogen and oxygen atoms in total. The molecular weight excluding hydrogens is 356 g/mol. The fourth-order valence-electron chi connectivity index (χ4n) is 2.70. The van der Waals surface area contributed by atoms with Crippen molar-refractivity contribution in [2.75, 3.05) is 40.4 Å². The largest absolute Gasteiger partial charge is 0.383 e. The third-order valence-electron chi connectivity index (χ3n) is 4.14. The normalized spacial score (nSPS) is 17.3. The van der Waals surface area contributed by atoms with Gasteiger partial charge in [-0.3, -0.25) is 4.99 Å². The Hall–Kier alpha value is -1.11. The second kappa shape index (κ2) is 9.90. The van der Waals surface area contributed by atoms with Crippen LogP contribution in [0.15, 0.2) is 33.7 Å². The summed E-state index contributed by atoms with van der Waals surface area (Å²) in [5, 5.41) is 6.92. The molecule has 0 atom stereocenters. The van der Waals surface area contributed by atoms with Gasteiger partial charge in [-0.05, 0) is 30.5 Å². The standard InChI is InChI=1S/C17H27BrN4O/c1-19-17(20-13-14-3-5-15(18)6-4-14)21-16-7-9-22(10-8-16)11-12-23-2/h3-6,16H,7-13H2,1-2H3,(H2,19,20,21). The highest BCUT2D eigenvalue weighted by Crippen LogP contribution is 2.11. The summed E-state index contributed by atoms with van der Waals surface area (Å²) in [4.78, 5) is 6.79. The van der Waals surface area contributed by atoms with Crippen LogP contribution < -0.4 is 10.6 Å². The Morgan fingerprint density at radius 2 is 2.00 bits per heavy atom. The summed E-state index contributed by atoms with van der Waals surface area (Å²) in [6, 6.07) is 8.83. The first-order valence-corrected chi connectivity index (χ1v) is 8.93. The molecule has 1 heterocycles. The summed E-state index contributed by atoms with van der Waals surface area (Å²) in [5.74, 6) is 0.878. The van der Waals surface area contributed by atoms with Crippen LogP contribution in [0.2, 0.25) is 0 Å². The van der Waals surface area contributed by atoms with E-state index in [1.807, 2.05) is 7.05 Å². The van der Waals surface area contributed by atoms with Crippen LogP contribution in [0.1, 0.15) is 18.4 Å². The van der Waals surface area contributed by atoms with Gasteiger partial charge in [0.15, 0.2) is 5.96 Å². The van der Waals surface area contributed by atoms with Gasteiger partial charge in [-0.25, -0.2) is 0 Å². The molecule has 1 aromatic rings. The summed E-state index contributed by atoms with van der Waals surface area (Å²) in [7, 11) is 3.58. The lowest BCUT2D eigenvalue weighted by molar-refractivity contribution is 0.128. The molecule has 0 aliphatic carbocycles. The number of piperidine rings is 1. The lowest BCUT2D eigenvalue weighted by Crippen LogP contribution is -2.48. The number of methoxy groups -OCH3 is 1. The predicted octanol–water partition coefficient (Wildman–Crippen LogP) is 2.22. The summed E-state index contributed by atoms with van der Waals surface area (Å²) in [6.07, 6.45) is 2.28. The van der Waals surface area contributed by atoms with Crippen LogP contribution >= 0.6 is 15.9 Å². The number of hydrogen-bond donors (Lipinski definition) is 2. The van der Waals surface area contributed by atoms with Crippen LogP contribution in [0.25, 0.3) is 0 Å². The van der Waals surface area contributed by atoms with Gasteiger partial charge < -0.3 is 20.3 Å². The van der Waals surface area contributed by atoms with Crippen molar-refractivity contribution in [3.05, 3.63) is 34.3 Å². The molecule has 128 valence electrons. The van der Waals surface area contributed by atoms with Crippen LogP contribution in [0.5, 0.6) is 0 Å². The van der Waals surface area contributed by atoms with Crippen molar-refractivity contribution >= 4 is 21.9 Å². The van der Waals surface area contributed by atoms with Gasteiger partial charge in [-0.15, -0.1) is 0 Å². The van der Waals surface area contributed by atoms with Gasteiger partial charge in [0.25, 0.3) is 0 Å². The number of likely N-dealkylation sites (tertiary alicyclic amines) is 1. The number of nitrogens with one attached hydrogen (secondary N) is 2. The Morgan fingerprint density at radius 3 is 2.61 bits per heavy atom. The van der Waals surface area contributed by atoms with Crippen molar-refractivity contribution in [3.63, 3.8) is 0 Å². The van der Waals surface area contributed by atoms with Crippen LogP contribution in [-0.4, -0.2) is 57.3 Å². The smallest absolute Gasteiger partial charge is 0.191 e. The van der Waals surface area contributed by atoms with Crippen molar-refractivity contribution < 1.29 is 4.74 Å². The zero-order chi connectivity index (χ0) is 16.5. The van der Waals surface area contributed by atoms with E-state index in [1.165, 1.54) is 5.56 Å². The lowest BCUT2D eigenvalue weighted by Gasteiger charge is -2.32. The average molecular weight is 383 g/mol. The first kappa shape index (κ1) is 18.2. The number of nitrogens with zero attached hydrogens (tertiary/aromatic N) is 2. The molecule has 1 aromatic carbocycles. The van der Waals surface area contributed by atoms with E-state index in [-0.39, 0.29) is 0 Å². The molecule has 1 fully saturated rings. The maximum Gasteiger partial charge on any atom is 0.191 e. The molecule has 0 saturated carbocycles. The number of hydrogen-bond acceptors (Lipinski definition) is 3. The minimum Gasteiger partial charge on any atom is -0.383 e. The van der Waals surface area contributed by atoms with E-state index in [0.29, 0.717) is 6.04 Å². The molecule has 6 heteroatoms. The summed E-state index contributed by atoms with van der Waals surface area (Å²) in [5.41, 5.74) is 1.24. The Morgan fingerprint density at radius 1 is 1.30 bits per heavy atom. The maximum absolute atomic E-state index is 5.15. The fraction of sp³-hybridized carbons (Fsp3) is 0.588. The first-order valence-electron chi connectivity index (χ1n) is 8.14. The van der Waals surface area contributed by atoms with E-state index in [4.69, 9.17) is 4.74 Å². The Bertz CT molecular complexity index is 484. The number of guanidine groups is 1. The summed E-state index contributed by atoms with van der Waals surface area (Å²) in [6.45, 7) is 4.85. The zero-order valence-corrected chi connectivity index (χ0v) is 15.6. The van der Waals surface area contributed by atoms with Crippen LogP contribution in [0, 0.1) is 0 Å². The molecule has 0 amide bonds. The molecule has 2 N–H and O–H groups in total. The number of ether oxygens (including phenoxy) is 1. The van der Waals surface area contributed by atoms with Gasteiger partial charge >= 0.3 is 0 Å². The summed E-state index contributed by atoms with van der Waals surface area (Å²) < 4.78 is 6.25. The van der Waals surface area contributed by atoms with Crippen LogP contribution in [0.4, 0.5) is 0 Å². The monoisotopic (exact) mass is 382 g/mol. The Labute approximate surface area is 147 Å². The lowest BCUT2D eigenvalue weighted by atomic mass is 10.1. The van der Waals surface area contributed by atoms with Crippen LogP contribution in [0.3, 0.4) is 0 Å². The maximum atomic E-state index is 5.15. The minimum atomic E-state index is 0.491. The van der Waals surface area contributed by atoms with E-state index in [2.05, 4.69) is 60.7 Å². The van der Waals surface area contributed by atoms with E-state index in [0.717, 1.165) is 56.1 Å². The second-order valence-corrected chi connectivity index (χ2v) is 6.72. The predicted molar refractivity (Wildman–Crippen MR) is 98.8 cm³/mol. The van der Waals surface area contributed by atoms with E-state index in [1.54, 1.807) is 7.11 Å². The molecule has 2 rings (SSSR count). The Balaban J connectivity index is 1.72. The van der Waals surface area contributed by atoms with Gasteiger partial charge in [0.1, 0.15) is 0 Å². The number of halogens is 1. The molecule has 0 bridgehead atoms. The van der Waals surface area contributed by atoms with Gasteiger partial charge in [0, 0.05) is 50.9 Å². The fourth-order valence-corrected chi connectivity index (χ4v) is 2.96. The van der Waals surface area contributed by atoms with Crippen LogP contribution in [-0.2, 0) is 11.3 Å². The van der Waals surface area contributed by atoms with Crippen molar-refractivity contribution in [3.8, 4) is 0 Å². The first-order chi connectivity index (χ1) is 11.2. The zero-order valence-electron chi connectivity index (χ0n) is 14.0. The third-order valence-corrected chi connectivity index (χ3v) is 4.67. The topological polar surface area (TPSA) is 48.9 Å². The molecule has 0 spiro atoms. The van der Waals surface area contributed by atoms with E-state index >= 15 is 0 Å². The SMILES string of the molecule is CN=C(NCc1ccc(Br)cc1)NC1CCN(CCOC)CC1. The number of aliphatic imine (C=N–C) groups is 1. The van der Waals surface area contributed by atoms with Crippen molar-refractivity contribution in [2.45, 2.75) is 25.4 Å². The second-order valence-electron chi connectivity index (χ2n) is 5.81. The highest BCUT2D eigenvalue weighted by molar-refractivity contribution is 9.10. The number of benzene rings is 1. The van der Waals surface area contributed by atoms with Crippen molar-refractivity contribution in [1.29, 1.82) is 0 Å². The van der Waals surface area contributed by atoms with Gasteiger partial charge in [-0.2, -0.15) is 0 Å². The van der Waals surface area contributed by atoms with Gasteiger partial charge in [-0.1, -0.05) is 28.1 Å². The Kier molecular flexibility index (Phi) is 7.85.